The number of aliphatic hydroxyl groups excluding tert-OH is 7. The maximum absolute atomic E-state index is 10.1. The maximum atomic E-state index is 10.1. The topological polar surface area (TPSA) is 190 Å². The van der Waals surface area contributed by atoms with Gasteiger partial charge in [-0.25, -0.2) is 0 Å². The molecule has 0 amide bonds. The molecule has 0 bridgehead atoms. The van der Waals surface area contributed by atoms with Gasteiger partial charge in [0.15, 0.2) is 6.29 Å². The highest BCUT2D eigenvalue weighted by Gasteiger charge is 2.53. The van der Waals surface area contributed by atoms with Gasteiger partial charge >= 0.3 is 0 Å². The Hall–Kier alpha value is -0.440. The smallest absolute Gasteiger partial charge is 0.219 e. The minimum atomic E-state index is -2.38. The minimum Gasteiger partial charge on any atom is -0.394 e. The van der Waals surface area contributed by atoms with Crippen LogP contribution in [0.5, 0.6) is 0 Å². The fourth-order valence-electron chi connectivity index (χ4n) is 2.53. The maximum Gasteiger partial charge on any atom is 0.219 e. The Balaban J connectivity index is 2.17. The van der Waals surface area contributed by atoms with E-state index in [1.54, 1.807) is 0 Å². The molecule has 8 N–H and O–H groups in total. The molecule has 9 atom stereocenters. The zero-order valence-electron chi connectivity index (χ0n) is 12.0. The highest BCUT2D eigenvalue weighted by Crippen LogP contribution is 2.30. The van der Waals surface area contributed by atoms with Crippen molar-refractivity contribution >= 4 is 0 Å². The molecule has 2 rings (SSSR count). The van der Waals surface area contributed by atoms with Gasteiger partial charge in [-0.15, -0.1) is 0 Å². The average molecular weight is 342 g/mol. The van der Waals surface area contributed by atoms with Crippen molar-refractivity contribution in [3.05, 3.63) is 0 Å². The number of rotatable bonds is 4. The van der Waals surface area contributed by atoms with E-state index >= 15 is 0 Å². The molecular formula is C12H22O11. The lowest BCUT2D eigenvalue weighted by molar-refractivity contribution is -0.387. The third-order valence-corrected chi connectivity index (χ3v) is 4.01. The van der Waals surface area contributed by atoms with Crippen LogP contribution in [0.1, 0.15) is 0 Å². The van der Waals surface area contributed by atoms with Gasteiger partial charge in [0.1, 0.15) is 42.7 Å². The Morgan fingerprint density at radius 3 is 2.17 bits per heavy atom. The van der Waals surface area contributed by atoms with Crippen LogP contribution in [0.3, 0.4) is 0 Å². The van der Waals surface area contributed by atoms with Gasteiger partial charge in [-0.05, 0) is 0 Å². The molecule has 2 fully saturated rings. The minimum absolute atomic E-state index is 0.466. The van der Waals surface area contributed by atoms with Crippen LogP contribution in [0, 0.1) is 0 Å². The normalized spacial score (nSPS) is 51.7. The molecule has 0 aromatic carbocycles. The summed E-state index contributed by atoms with van der Waals surface area (Å²) in [6.07, 6.45) is -12.9. The lowest BCUT2D eigenvalue weighted by atomic mass is 9.96. The van der Waals surface area contributed by atoms with Gasteiger partial charge in [0.05, 0.1) is 19.8 Å². The molecule has 2 heterocycles. The average Bonchev–Trinajstić information content (AvgIpc) is 2.55. The molecule has 0 spiro atoms. The molecule has 11 heteroatoms. The Morgan fingerprint density at radius 1 is 0.957 bits per heavy atom. The highest BCUT2D eigenvalue weighted by atomic mass is 16.7. The quantitative estimate of drug-likeness (QED) is 0.243. The summed E-state index contributed by atoms with van der Waals surface area (Å²) in [4.78, 5) is 0. The molecule has 0 aromatic heterocycles. The molecule has 2 saturated heterocycles. The summed E-state index contributed by atoms with van der Waals surface area (Å²) >= 11 is 0. The van der Waals surface area contributed by atoms with E-state index in [1.807, 2.05) is 0 Å². The van der Waals surface area contributed by atoms with Crippen LogP contribution in [0.15, 0.2) is 0 Å². The van der Waals surface area contributed by atoms with Crippen molar-refractivity contribution in [3.8, 4) is 0 Å². The molecular weight excluding hydrogens is 320 g/mol. The van der Waals surface area contributed by atoms with Crippen LogP contribution in [0.4, 0.5) is 0 Å². The first kappa shape index (κ1) is 18.9. The van der Waals surface area contributed by atoms with Crippen molar-refractivity contribution in [3.63, 3.8) is 0 Å². The summed E-state index contributed by atoms with van der Waals surface area (Å²) < 4.78 is 15.1. The van der Waals surface area contributed by atoms with Crippen molar-refractivity contribution in [2.24, 2.45) is 0 Å². The van der Waals surface area contributed by atoms with E-state index < -0.39 is 74.6 Å². The number of hydrogen-bond donors (Lipinski definition) is 8. The van der Waals surface area contributed by atoms with E-state index in [-0.39, 0.29) is 0 Å². The van der Waals surface area contributed by atoms with Crippen LogP contribution in [0.25, 0.3) is 0 Å². The summed E-state index contributed by atoms with van der Waals surface area (Å²) in [5, 5.41) is 77.2. The Morgan fingerprint density at radius 2 is 1.61 bits per heavy atom. The molecule has 3 unspecified atom stereocenters. The van der Waals surface area contributed by atoms with Crippen molar-refractivity contribution in [2.75, 3.05) is 19.8 Å². The van der Waals surface area contributed by atoms with Gasteiger partial charge in [0, 0.05) is 0 Å². The summed E-state index contributed by atoms with van der Waals surface area (Å²) in [6.45, 7) is -2.15. The van der Waals surface area contributed by atoms with Gasteiger partial charge in [-0.3, -0.25) is 0 Å². The van der Waals surface area contributed by atoms with E-state index in [4.69, 9.17) is 19.3 Å². The fourth-order valence-corrected chi connectivity index (χ4v) is 2.53. The van der Waals surface area contributed by atoms with E-state index in [0.29, 0.717) is 0 Å². The van der Waals surface area contributed by atoms with Crippen LogP contribution in [-0.4, -0.2) is 115 Å². The molecule has 0 aliphatic carbocycles. The van der Waals surface area contributed by atoms with Gasteiger partial charge in [0.25, 0.3) is 0 Å². The van der Waals surface area contributed by atoms with E-state index in [1.165, 1.54) is 0 Å². The molecule has 2 aliphatic rings. The number of aliphatic hydroxyl groups is 8. The Bertz CT molecular complexity index is 393. The lowest BCUT2D eigenvalue weighted by Gasteiger charge is -2.47. The van der Waals surface area contributed by atoms with Crippen molar-refractivity contribution in [1.29, 1.82) is 0 Å². The standard InChI is InChI=1S/C12H22O11/c13-1-5-7(17)8(18)9(19)11(22-5)23-10-6(16)4(15)2-21-12(10,20)3-14/h4-11,13-20H,1-3H2/t4-,5?,6+,7-,8+,9?,10?,11-,12+/m1/s1. The van der Waals surface area contributed by atoms with Crippen LogP contribution in [0.2, 0.25) is 0 Å². The molecule has 136 valence electrons. The first-order valence-electron chi connectivity index (χ1n) is 7.04. The molecule has 23 heavy (non-hydrogen) atoms. The fraction of sp³-hybridized carbons (Fsp3) is 1.00. The zero-order valence-corrected chi connectivity index (χ0v) is 12.0. The highest BCUT2D eigenvalue weighted by molar-refractivity contribution is 4.95. The largest absolute Gasteiger partial charge is 0.394 e. The van der Waals surface area contributed by atoms with Gasteiger partial charge in [-0.1, -0.05) is 0 Å². The summed E-state index contributed by atoms with van der Waals surface area (Å²) in [5.74, 6) is -2.38. The van der Waals surface area contributed by atoms with Crippen molar-refractivity contribution in [2.45, 2.75) is 54.8 Å². The number of hydrogen-bond acceptors (Lipinski definition) is 11. The predicted octanol–water partition coefficient (Wildman–Crippen LogP) is -5.40. The van der Waals surface area contributed by atoms with Crippen LogP contribution >= 0.6 is 0 Å². The second-order valence-corrected chi connectivity index (χ2v) is 5.63. The lowest BCUT2D eigenvalue weighted by Crippen LogP contribution is -2.67. The Kier molecular flexibility index (Phi) is 5.92. The van der Waals surface area contributed by atoms with Gasteiger partial charge < -0.3 is 55.1 Å². The molecule has 0 radical (unpaired) electrons. The second kappa shape index (κ2) is 7.21. The SMILES string of the molecule is OCC1O[C@H](OC2[C@@H](O)[C@H](O)CO[C@@]2(O)CO)C(O)[C@@H](O)[C@@H]1O. The zero-order chi connectivity index (χ0) is 17.4. The third-order valence-electron chi connectivity index (χ3n) is 4.01. The first-order chi connectivity index (χ1) is 10.7. The number of ether oxygens (including phenoxy) is 3. The summed E-state index contributed by atoms with van der Waals surface area (Å²) in [5.41, 5.74) is 0. The van der Waals surface area contributed by atoms with Crippen LogP contribution < -0.4 is 0 Å². The van der Waals surface area contributed by atoms with Gasteiger partial charge in [-0.2, -0.15) is 0 Å². The van der Waals surface area contributed by atoms with Crippen molar-refractivity contribution < 1.29 is 55.1 Å². The van der Waals surface area contributed by atoms with Crippen LogP contribution in [-0.2, 0) is 14.2 Å². The second-order valence-electron chi connectivity index (χ2n) is 5.63. The monoisotopic (exact) mass is 342 g/mol. The molecule has 11 nitrogen and oxygen atoms in total. The Labute approximate surface area is 130 Å². The molecule has 0 aromatic rings. The van der Waals surface area contributed by atoms with E-state index in [9.17, 15) is 35.7 Å². The third kappa shape index (κ3) is 3.50. The molecule has 0 saturated carbocycles. The summed E-state index contributed by atoms with van der Waals surface area (Å²) in [6, 6.07) is 0. The van der Waals surface area contributed by atoms with Gasteiger partial charge in [0.2, 0.25) is 5.79 Å². The predicted molar refractivity (Wildman–Crippen MR) is 68.6 cm³/mol. The van der Waals surface area contributed by atoms with E-state index in [2.05, 4.69) is 0 Å². The molecule has 2 aliphatic heterocycles. The van der Waals surface area contributed by atoms with E-state index in [0.717, 1.165) is 0 Å². The summed E-state index contributed by atoms with van der Waals surface area (Å²) in [7, 11) is 0. The van der Waals surface area contributed by atoms with Crippen molar-refractivity contribution in [1.82, 2.24) is 0 Å². The first-order valence-corrected chi connectivity index (χ1v) is 7.04.